The molecule has 0 atom stereocenters. The van der Waals surface area contributed by atoms with Gasteiger partial charge in [-0.3, -0.25) is 4.79 Å². The largest absolute Gasteiger partial charge is 0.439 e. The standard InChI is InChI=1S/C17H19NO3/c1-17(2,3)12-16(19)21-14-9-7-13(8-10-14)20-15-6-4-5-11-18-15/h4-11H,12H2,1-3H3. The van der Waals surface area contributed by atoms with Crippen molar-refractivity contribution in [3.63, 3.8) is 0 Å². The molecule has 2 rings (SSSR count). The number of pyridine rings is 1. The van der Waals surface area contributed by atoms with Crippen LogP contribution in [0.2, 0.25) is 0 Å². The van der Waals surface area contributed by atoms with Crippen molar-refractivity contribution in [3.8, 4) is 17.4 Å². The van der Waals surface area contributed by atoms with Gasteiger partial charge in [-0.15, -0.1) is 0 Å². The highest BCUT2D eigenvalue weighted by Crippen LogP contribution is 2.24. The Morgan fingerprint density at radius 1 is 1.05 bits per heavy atom. The van der Waals surface area contributed by atoms with Crippen LogP contribution in [-0.4, -0.2) is 11.0 Å². The molecule has 0 amide bonds. The molecule has 21 heavy (non-hydrogen) atoms. The zero-order chi connectivity index (χ0) is 15.3. The SMILES string of the molecule is CC(C)(C)CC(=O)Oc1ccc(Oc2ccccn2)cc1. The van der Waals surface area contributed by atoms with Crippen molar-refractivity contribution < 1.29 is 14.3 Å². The monoisotopic (exact) mass is 285 g/mol. The van der Waals surface area contributed by atoms with E-state index in [0.717, 1.165) is 0 Å². The summed E-state index contributed by atoms with van der Waals surface area (Å²) in [6, 6.07) is 12.4. The van der Waals surface area contributed by atoms with Crippen molar-refractivity contribution >= 4 is 5.97 Å². The van der Waals surface area contributed by atoms with Crippen molar-refractivity contribution in [1.29, 1.82) is 0 Å². The summed E-state index contributed by atoms with van der Waals surface area (Å²) < 4.78 is 10.9. The minimum absolute atomic E-state index is 0.0842. The van der Waals surface area contributed by atoms with E-state index in [1.165, 1.54) is 0 Å². The van der Waals surface area contributed by atoms with E-state index in [9.17, 15) is 4.79 Å². The predicted octanol–water partition coefficient (Wildman–Crippen LogP) is 4.22. The first-order valence-corrected chi connectivity index (χ1v) is 6.82. The molecular formula is C17H19NO3. The first-order chi connectivity index (χ1) is 9.92. The third-order valence-electron chi connectivity index (χ3n) is 2.59. The van der Waals surface area contributed by atoms with E-state index >= 15 is 0 Å². The zero-order valence-corrected chi connectivity index (χ0v) is 12.5. The number of carbonyl (C=O) groups is 1. The quantitative estimate of drug-likeness (QED) is 0.623. The van der Waals surface area contributed by atoms with E-state index in [1.807, 2.05) is 32.9 Å². The number of hydrogen-bond donors (Lipinski definition) is 0. The number of esters is 1. The Bertz CT molecular complexity index is 586. The number of carbonyl (C=O) groups excluding carboxylic acids is 1. The van der Waals surface area contributed by atoms with Crippen LogP contribution in [0.1, 0.15) is 27.2 Å². The van der Waals surface area contributed by atoms with Gasteiger partial charge in [0.05, 0.1) is 6.42 Å². The summed E-state index contributed by atoms with van der Waals surface area (Å²) >= 11 is 0. The van der Waals surface area contributed by atoms with Gasteiger partial charge >= 0.3 is 5.97 Å². The third-order valence-corrected chi connectivity index (χ3v) is 2.59. The molecule has 0 saturated carbocycles. The predicted molar refractivity (Wildman–Crippen MR) is 80.5 cm³/mol. The highest BCUT2D eigenvalue weighted by molar-refractivity contribution is 5.73. The van der Waals surface area contributed by atoms with Crippen LogP contribution in [0, 0.1) is 5.41 Å². The van der Waals surface area contributed by atoms with Gasteiger partial charge in [-0.2, -0.15) is 0 Å². The van der Waals surface area contributed by atoms with Gasteiger partial charge in [0, 0.05) is 12.3 Å². The first-order valence-electron chi connectivity index (χ1n) is 6.82. The summed E-state index contributed by atoms with van der Waals surface area (Å²) in [7, 11) is 0. The molecule has 1 heterocycles. The van der Waals surface area contributed by atoms with Crippen molar-refractivity contribution in [3.05, 3.63) is 48.7 Å². The lowest BCUT2D eigenvalue weighted by atomic mass is 9.92. The van der Waals surface area contributed by atoms with Crippen molar-refractivity contribution in [2.24, 2.45) is 5.41 Å². The smallest absolute Gasteiger partial charge is 0.311 e. The summed E-state index contributed by atoms with van der Waals surface area (Å²) in [6.07, 6.45) is 2.04. The molecule has 1 aromatic carbocycles. The molecular weight excluding hydrogens is 266 g/mol. The van der Waals surface area contributed by atoms with Gasteiger partial charge < -0.3 is 9.47 Å². The minimum Gasteiger partial charge on any atom is -0.439 e. The average molecular weight is 285 g/mol. The number of nitrogens with zero attached hydrogens (tertiary/aromatic N) is 1. The molecule has 0 bridgehead atoms. The lowest BCUT2D eigenvalue weighted by molar-refractivity contribution is -0.136. The number of ether oxygens (including phenoxy) is 2. The highest BCUT2D eigenvalue weighted by atomic mass is 16.5. The Balaban J connectivity index is 1.95. The normalized spacial score (nSPS) is 11.0. The lowest BCUT2D eigenvalue weighted by Crippen LogP contribution is -2.17. The molecule has 0 spiro atoms. The Hall–Kier alpha value is -2.36. The maximum Gasteiger partial charge on any atom is 0.311 e. The Kier molecular flexibility index (Phi) is 4.58. The van der Waals surface area contributed by atoms with Crippen LogP contribution in [0.5, 0.6) is 17.4 Å². The molecule has 0 aliphatic rings. The fourth-order valence-electron chi connectivity index (χ4n) is 1.70. The van der Waals surface area contributed by atoms with Crippen LogP contribution >= 0.6 is 0 Å². The molecule has 110 valence electrons. The van der Waals surface area contributed by atoms with Gasteiger partial charge in [0.25, 0.3) is 0 Å². The number of benzene rings is 1. The van der Waals surface area contributed by atoms with Crippen molar-refractivity contribution in [2.45, 2.75) is 27.2 Å². The van der Waals surface area contributed by atoms with Gasteiger partial charge in [0.1, 0.15) is 11.5 Å². The summed E-state index contributed by atoms with van der Waals surface area (Å²) in [5, 5.41) is 0. The van der Waals surface area contributed by atoms with E-state index in [1.54, 1.807) is 36.5 Å². The molecule has 0 N–H and O–H groups in total. The van der Waals surface area contributed by atoms with E-state index in [0.29, 0.717) is 23.8 Å². The Morgan fingerprint density at radius 3 is 2.29 bits per heavy atom. The van der Waals surface area contributed by atoms with E-state index in [4.69, 9.17) is 9.47 Å². The second-order valence-corrected chi connectivity index (χ2v) is 5.95. The third kappa shape index (κ3) is 5.26. The number of aromatic nitrogens is 1. The van der Waals surface area contributed by atoms with Crippen LogP contribution in [0.25, 0.3) is 0 Å². The van der Waals surface area contributed by atoms with Crippen LogP contribution in [-0.2, 0) is 4.79 Å². The summed E-state index contributed by atoms with van der Waals surface area (Å²) in [5.74, 6) is 1.44. The molecule has 4 heteroatoms. The summed E-state index contributed by atoms with van der Waals surface area (Å²) in [4.78, 5) is 15.8. The fraction of sp³-hybridized carbons (Fsp3) is 0.294. The molecule has 1 aromatic heterocycles. The van der Waals surface area contributed by atoms with Crippen molar-refractivity contribution in [2.75, 3.05) is 0 Å². The molecule has 0 unspecified atom stereocenters. The zero-order valence-electron chi connectivity index (χ0n) is 12.5. The summed E-state index contributed by atoms with van der Waals surface area (Å²) in [6.45, 7) is 5.99. The molecule has 0 fully saturated rings. The van der Waals surface area contributed by atoms with E-state index < -0.39 is 0 Å². The van der Waals surface area contributed by atoms with Gasteiger partial charge in [0.2, 0.25) is 5.88 Å². The molecule has 0 aliphatic carbocycles. The second kappa shape index (κ2) is 6.39. The summed E-state index contributed by atoms with van der Waals surface area (Å²) in [5.41, 5.74) is -0.0842. The van der Waals surface area contributed by atoms with Crippen LogP contribution in [0.3, 0.4) is 0 Å². The van der Waals surface area contributed by atoms with Crippen LogP contribution < -0.4 is 9.47 Å². The van der Waals surface area contributed by atoms with Gasteiger partial charge in [-0.25, -0.2) is 4.98 Å². The maximum absolute atomic E-state index is 11.7. The van der Waals surface area contributed by atoms with E-state index in [-0.39, 0.29) is 11.4 Å². The van der Waals surface area contributed by atoms with Gasteiger partial charge in [-0.1, -0.05) is 26.8 Å². The maximum atomic E-state index is 11.7. The number of rotatable bonds is 4. The van der Waals surface area contributed by atoms with Crippen LogP contribution in [0.4, 0.5) is 0 Å². The van der Waals surface area contributed by atoms with Crippen molar-refractivity contribution in [1.82, 2.24) is 4.98 Å². The second-order valence-electron chi connectivity index (χ2n) is 5.95. The highest BCUT2D eigenvalue weighted by Gasteiger charge is 2.17. The molecule has 4 nitrogen and oxygen atoms in total. The first kappa shape index (κ1) is 15.0. The molecule has 0 aliphatic heterocycles. The Labute approximate surface area is 124 Å². The van der Waals surface area contributed by atoms with Gasteiger partial charge in [0.15, 0.2) is 0 Å². The topological polar surface area (TPSA) is 48.4 Å². The van der Waals surface area contributed by atoms with Gasteiger partial charge in [-0.05, 0) is 35.7 Å². The van der Waals surface area contributed by atoms with E-state index in [2.05, 4.69) is 4.98 Å². The molecule has 0 saturated heterocycles. The lowest BCUT2D eigenvalue weighted by Gasteiger charge is -2.16. The average Bonchev–Trinajstić information content (AvgIpc) is 2.40. The molecule has 0 radical (unpaired) electrons. The Morgan fingerprint density at radius 2 is 1.71 bits per heavy atom. The molecule has 2 aromatic rings. The minimum atomic E-state index is -0.235. The van der Waals surface area contributed by atoms with Crippen LogP contribution in [0.15, 0.2) is 48.7 Å². The number of hydrogen-bond acceptors (Lipinski definition) is 4. The fourth-order valence-corrected chi connectivity index (χ4v) is 1.70.